The minimum atomic E-state index is 0.344. The first kappa shape index (κ1) is 13.6. The molecule has 1 N–H and O–H groups in total. The van der Waals surface area contributed by atoms with Gasteiger partial charge >= 0.3 is 0 Å². The third kappa shape index (κ3) is 2.61. The molecule has 1 aromatic rings. The Morgan fingerprint density at radius 3 is 2.89 bits per heavy atom. The van der Waals surface area contributed by atoms with Crippen molar-refractivity contribution in [3.63, 3.8) is 0 Å². The van der Waals surface area contributed by atoms with Crippen LogP contribution in [-0.2, 0) is 0 Å². The van der Waals surface area contributed by atoms with Crippen LogP contribution in [0.5, 0.6) is 0 Å². The van der Waals surface area contributed by atoms with Crippen molar-refractivity contribution in [2.75, 3.05) is 13.1 Å². The van der Waals surface area contributed by atoms with Crippen LogP contribution < -0.4 is 5.32 Å². The van der Waals surface area contributed by atoms with Gasteiger partial charge < -0.3 is 5.32 Å². The van der Waals surface area contributed by atoms with Crippen molar-refractivity contribution in [2.45, 2.75) is 57.7 Å². The van der Waals surface area contributed by atoms with E-state index >= 15 is 0 Å². The first-order chi connectivity index (χ1) is 9.14. The van der Waals surface area contributed by atoms with Gasteiger partial charge in [-0.1, -0.05) is 13.0 Å². The second-order valence-electron chi connectivity index (χ2n) is 6.50. The average molecular weight is 278 g/mol. The Balaban J connectivity index is 1.78. The van der Waals surface area contributed by atoms with E-state index in [1.807, 2.05) is 11.3 Å². The zero-order valence-corrected chi connectivity index (χ0v) is 13.2. The lowest BCUT2D eigenvalue weighted by atomic mass is 9.89. The van der Waals surface area contributed by atoms with Gasteiger partial charge in [0.05, 0.1) is 0 Å². The first-order valence-electron chi connectivity index (χ1n) is 7.68. The van der Waals surface area contributed by atoms with Crippen molar-refractivity contribution in [3.05, 3.63) is 22.4 Å². The molecule has 0 radical (unpaired) electrons. The molecule has 1 aliphatic carbocycles. The summed E-state index contributed by atoms with van der Waals surface area (Å²) in [6.07, 6.45) is 4.08. The number of nitrogens with zero attached hydrogens (tertiary/aromatic N) is 1. The van der Waals surface area contributed by atoms with Gasteiger partial charge in [-0.2, -0.15) is 0 Å². The highest BCUT2D eigenvalue weighted by Gasteiger charge is 2.46. The van der Waals surface area contributed by atoms with Gasteiger partial charge in [-0.15, -0.1) is 11.3 Å². The van der Waals surface area contributed by atoms with Crippen molar-refractivity contribution in [1.29, 1.82) is 0 Å². The normalized spacial score (nSPS) is 34.4. The molecule has 3 heteroatoms. The van der Waals surface area contributed by atoms with Gasteiger partial charge in [0.15, 0.2) is 0 Å². The van der Waals surface area contributed by atoms with Gasteiger partial charge in [-0.25, -0.2) is 0 Å². The molecule has 1 saturated carbocycles. The molecule has 2 nitrogen and oxygen atoms in total. The van der Waals surface area contributed by atoms with Crippen LogP contribution in [0.15, 0.2) is 17.5 Å². The first-order valence-corrected chi connectivity index (χ1v) is 8.56. The van der Waals surface area contributed by atoms with Crippen molar-refractivity contribution in [2.24, 2.45) is 5.92 Å². The lowest BCUT2D eigenvalue weighted by Gasteiger charge is -2.49. The summed E-state index contributed by atoms with van der Waals surface area (Å²) in [5.74, 6) is 0.906. The maximum Gasteiger partial charge on any atom is 0.0417 e. The summed E-state index contributed by atoms with van der Waals surface area (Å²) in [6, 6.07) is 5.72. The highest BCUT2D eigenvalue weighted by molar-refractivity contribution is 7.10. The zero-order chi connectivity index (χ0) is 13.5. The van der Waals surface area contributed by atoms with E-state index in [9.17, 15) is 0 Å². The molecule has 0 bridgehead atoms. The topological polar surface area (TPSA) is 15.3 Å². The molecule has 2 heterocycles. The van der Waals surface area contributed by atoms with E-state index in [2.05, 4.69) is 48.5 Å². The van der Waals surface area contributed by atoms with Gasteiger partial charge in [0.25, 0.3) is 0 Å². The largest absolute Gasteiger partial charge is 0.308 e. The Bertz CT molecular complexity index is 412. The fourth-order valence-electron chi connectivity index (χ4n) is 3.55. The summed E-state index contributed by atoms with van der Waals surface area (Å²) in [5.41, 5.74) is 0.344. The van der Waals surface area contributed by atoms with E-state index in [4.69, 9.17) is 0 Å². The molecule has 1 aliphatic heterocycles. The summed E-state index contributed by atoms with van der Waals surface area (Å²) >= 11 is 1.90. The fourth-order valence-corrected chi connectivity index (χ4v) is 4.35. The lowest BCUT2D eigenvalue weighted by molar-refractivity contribution is 0.0430. The van der Waals surface area contributed by atoms with Crippen LogP contribution in [0, 0.1) is 5.92 Å². The van der Waals surface area contributed by atoms with E-state index in [1.165, 1.54) is 30.7 Å². The molecule has 3 atom stereocenters. The molecule has 1 saturated heterocycles. The number of thiophene rings is 1. The van der Waals surface area contributed by atoms with E-state index in [-0.39, 0.29) is 0 Å². The van der Waals surface area contributed by atoms with Gasteiger partial charge in [0.1, 0.15) is 0 Å². The molecule has 0 amide bonds. The Labute approximate surface area is 121 Å². The number of hydrogen-bond acceptors (Lipinski definition) is 3. The minimum absolute atomic E-state index is 0.344. The molecule has 0 spiro atoms. The summed E-state index contributed by atoms with van der Waals surface area (Å²) in [5, 5.41) is 6.05. The number of piperazine rings is 1. The maximum atomic E-state index is 3.85. The molecule has 3 unspecified atom stereocenters. The van der Waals surface area contributed by atoms with E-state index < -0.39 is 0 Å². The van der Waals surface area contributed by atoms with Crippen molar-refractivity contribution in [3.8, 4) is 0 Å². The zero-order valence-electron chi connectivity index (χ0n) is 12.4. The molecule has 3 rings (SSSR count). The second-order valence-corrected chi connectivity index (χ2v) is 7.48. The molecule has 1 aromatic heterocycles. The Hall–Kier alpha value is -0.380. The average Bonchev–Trinajstić information content (AvgIpc) is 3.15. The second kappa shape index (κ2) is 5.19. The Morgan fingerprint density at radius 1 is 1.53 bits per heavy atom. The SMILES string of the molecule is CCC1CNC(C)(C2CC2)CN1C(C)c1cccs1. The third-order valence-corrected chi connectivity index (χ3v) is 6.17. The van der Waals surface area contributed by atoms with Gasteiger partial charge in [0.2, 0.25) is 0 Å². The summed E-state index contributed by atoms with van der Waals surface area (Å²) < 4.78 is 0. The van der Waals surface area contributed by atoms with Crippen molar-refractivity contribution in [1.82, 2.24) is 10.2 Å². The van der Waals surface area contributed by atoms with Gasteiger partial charge in [-0.05, 0) is 50.5 Å². The summed E-state index contributed by atoms with van der Waals surface area (Å²) in [7, 11) is 0. The van der Waals surface area contributed by atoms with Crippen LogP contribution in [0.3, 0.4) is 0 Å². The molecular weight excluding hydrogens is 252 g/mol. The van der Waals surface area contributed by atoms with E-state index in [1.54, 1.807) is 0 Å². The smallest absolute Gasteiger partial charge is 0.0417 e. The van der Waals surface area contributed by atoms with Crippen molar-refractivity contribution < 1.29 is 0 Å². The highest BCUT2D eigenvalue weighted by atomic mass is 32.1. The molecule has 2 fully saturated rings. The molecular formula is C16H26N2S. The summed E-state index contributed by atoms with van der Waals surface area (Å²) in [6.45, 7) is 9.49. The minimum Gasteiger partial charge on any atom is -0.308 e. The number of nitrogens with one attached hydrogen (secondary N) is 1. The Kier molecular flexibility index (Phi) is 3.71. The van der Waals surface area contributed by atoms with Crippen LogP contribution in [0.25, 0.3) is 0 Å². The highest BCUT2D eigenvalue weighted by Crippen LogP contribution is 2.43. The Morgan fingerprint density at radius 2 is 2.32 bits per heavy atom. The monoisotopic (exact) mass is 278 g/mol. The van der Waals surface area contributed by atoms with E-state index in [0.717, 1.165) is 12.5 Å². The molecule has 19 heavy (non-hydrogen) atoms. The van der Waals surface area contributed by atoms with E-state index in [0.29, 0.717) is 17.6 Å². The fraction of sp³-hybridized carbons (Fsp3) is 0.750. The predicted octanol–water partition coefficient (Wildman–Crippen LogP) is 3.66. The van der Waals surface area contributed by atoms with Crippen LogP contribution in [0.4, 0.5) is 0 Å². The summed E-state index contributed by atoms with van der Waals surface area (Å²) in [4.78, 5) is 4.26. The maximum absolute atomic E-state index is 3.85. The lowest BCUT2D eigenvalue weighted by Crippen LogP contribution is -2.64. The molecule has 0 aromatic carbocycles. The van der Waals surface area contributed by atoms with Crippen LogP contribution in [0.1, 0.15) is 51.0 Å². The number of rotatable bonds is 4. The quantitative estimate of drug-likeness (QED) is 0.904. The van der Waals surface area contributed by atoms with Crippen LogP contribution in [-0.4, -0.2) is 29.6 Å². The van der Waals surface area contributed by atoms with Gasteiger partial charge in [0, 0.05) is 35.6 Å². The standard InChI is InChI=1S/C16H26N2S/c1-4-14-10-17-16(3,13-7-8-13)11-18(14)12(2)15-6-5-9-19-15/h5-6,9,12-14,17H,4,7-8,10-11H2,1-3H3. The van der Waals surface area contributed by atoms with Gasteiger partial charge in [-0.3, -0.25) is 4.90 Å². The van der Waals surface area contributed by atoms with Crippen molar-refractivity contribution >= 4 is 11.3 Å². The van der Waals surface area contributed by atoms with Crippen LogP contribution in [0.2, 0.25) is 0 Å². The number of hydrogen-bond donors (Lipinski definition) is 1. The molecule has 2 aliphatic rings. The predicted molar refractivity (Wildman–Crippen MR) is 82.7 cm³/mol. The molecule has 106 valence electrons. The third-order valence-electron chi connectivity index (χ3n) is 5.12. The van der Waals surface area contributed by atoms with Crippen LogP contribution >= 0.6 is 11.3 Å².